The van der Waals surface area contributed by atoms with E-state index in [2.05, 4.69) is 15.3 Å². The van der Waals surface area contributed by atoms with E-state index in [0.717, 1.165) is 12.1 Å². The molecule has 1 unspecified atom stereocenters. The third-order valence-electron chi connectivity index (χ3n) is 2.84. The minimum atomic E-state index is -0.201. The summed E-state index contributed by atoms with van der Waals surface area (Å²) in [4.78, 5) is 8.55. The smallest absolute Gasteiger partial charge is 0.237 e. The van der Waals surface area contributed by atoms with Crippen LogP contribution in [0.3, 0.4) is 0 Å². The van der Waals surface area contributed by atoms with Gasteiger partial charge in [0.2, 0.25) is 5.88 Å². The summed E-state index contributed by atoms with van der Waals surface area (Å²) in [7, 11) is 1.57. The average molecular weight is 312 g/mol. The predicted octanol–water partition coefficient (Wildman–Crippen LogP) is 3.49. The lowest BCUT2D eigenvalue weighted by molar-refractivity contribution is 0.383. The molecule has 2 rings (SSSR count). The number of rotatable bonds is 5. The van der Waals surface area contributed by atoms with Gasteiger partial charge in [-0.15, -0.1) is 0 Å². The monoisotopic (exact) mass is 311 g/mol. The number of aromatic nitrogens is 2. The van der Waals surface area contributed by atoms with Crippen LogP contribution in [0, 0.1) is 0 Å². The minimum absolute atomic E-state index is 0.201. The summed E-state index contributed by atoms with van der Waals surface area (Å²) in [6.45, 7) is 2.77. The molecule has 0 fully saturated rings. The van der Waals surface area contributed by atoms with Crippen LogP contribution in [-0.2, 0) is 0 Å². The molecule has 20 heavy (non-hydrogen) atoms. The molecule has 1 aromatic heterocycles. The molecule has 0 amide bonds. The van der Waals surface area contributed by atoms with Gasteiger partial charge in [0.25, 0.3) is 0 Å². The molecule has 0 aliphatic heterocycles. The van der Waals surface area contributed by atoms with E-state index in [1.165, 1.54) is 0 Å². The third-order valence-corrected chi connectivity index (χ3v) is 3.40. The Hall–Kier alpha value is -1.36. The van der Waals surface area contributed by atoms with Crippen LogP contribution in [0.25, 0.3) is 0 Å². The van der Waals surface area contributed by atoms with Crippen LogP contribution in [0.2, 0.25) is 10.0 Å². The Balaban J connectivity index is 2.50. The maximum atomic E-state index is 6.29. The zero-order chi connectivity index (χ0) is 14.5. The second kappa shape index (κ2) is 6.88. The molecule has 2 aromatic rings. The third kappa shape index (κ3) is 3.20. The maximum absolute atomic E-state index is 6.29. The zero-order valence-corrected chi connectivity index (χ0v) is 12.7. The van der Waals surface area contributed by atoms with Crippen molar-refractivity contribution < 1.29 is 4.74 Å². The lowest BCUT2D eigenvalue weighted by Crippen LogP contribution is -2.24. The van der Waals surface area contributed by atoms with Gasteiger partial charge in [-0.3, -0.25) is 4.98 Å². The first kappa shape index (κ1) is 15.0. The number of nitrogens with zero attached hydrogens (tertiary/aromatic N) is 2. The molecule has 1 atom stereocenters. The van der Waals surface area contributed by atoms with Crippen LogP contribution < -0.4 is 10.1 Å². The van der Waals surface area contributed by atoms with Gasteiger partial charge in [0, 0.05) is 22.4 Å². The lowest BCUT2D eigenvalue weighted by Gasteiger charge is -2.20. The first-order chi connectivity index (χ1) is 9.67. The Bertz CT molecular complexity index is 592. The molecule has 0 saturated carbocycles. The number of hydrogen-bond acceptors (Lipinski definition) is 4. The van der Waals surface area contributed by atoms with E-state index in [0.29, 0.717) is 21.6 Å². The predicted molar refractivity (Wildman–Crippen MR) is 80.6 cm³/mol. The first-order valence-electron chi connectivity index (χ1n) is 6.20. The van der Waals surface area contributed by atoms with Crippen LogP contribution in [0.1, 0.15) is 24.2 Å². The van der Waals surface area contributed by atoms with Gasteiger partial charge in [-0.1, -0.05) is 36.2 Å². The van der Waals surface area contributed by atoms with Gasteiger partial charge in [-0.05, 0) is 24.2 Å². The fourth-order valence-corrected chi connectivity index (χ4v) is 2.50. The summed E-state index contributed by atoms with van der Waals surface area (Å²) < 4.78 is 5.27. The molecular formula is C14H15Cl2N3O. The standard InChI is InChI=1S/C14H15Cl2N3O/c1-3-17-12(10-5-4-9(15)8-11(10)16)13-14(20-2)19-7-6-18-13/h4-8,12,17H,3H2,1-2H3. The summed E-state index contributed by atoms with van der Waals surface area (Å²) in [6.07, 6.45) is 3.22. The highest BCUT2D eigenvalue weighted by atomic mass is 35.5. The van der Waals surface area contributed by atoms with Crippen molar-refractivity contribution in [2.75, 3.05) is 13.7 Å². The van der Waals surface area contributed by atoms with Crippen molar-refractivity contribution in [2.24, 2.45) is 0 Å². The Morgan fingerprint density at radius 2 is 2.00 bits per heavy atom. The largest absolute Gasteiger partial charge is 0.480 e. The van der Waals surface area contributed by atoms with Crippen LogP contribution in [-0.4, -0.2) is 23.6 Å². The van der Waals surface area contributed by atoms with Gasteiger partial charge >= 0.3 is 0 Å². The van der Waals surface area contributed by atoms with Crippen LogP contribution in [0.5, 0.6) is 5.88 Å². The van der Waals surface area contributed by atoms with Crippen molar-refractivity contribution in [3.8, 4) is 5.88 Å². The van der Waals surface area contributed by atoms with Gasteiger partial charge in [-0.25, -0.2) is 4.98 Å². The number of hydrogen-bond donors (Lipinski definition) is 1. The molecule has 1 aromatic carbocycles. The number of halogens is 2. The number of nitrogens with one attached hydrogen (secondary N) is 1. The molecule has 0 radical (unpaired) electrons. The van der Waals surface area contributed by atoms with E-state index in [-0.39, 0.29) is 6.04 Å². The van der Waals surface area contributed by atoms with Crippen LogP contribution in [0.4, 0.5) is 0 Å². The molecular weight excluding hydrogens is 297 g/mol. The Kier molecular flexibility index (Phi) is 5.17. The maximum Gasteiger partial charge on any atom is 0.237 e. The summed E-state index contributed by atoms with van der Waals surface area (Å²) >= 11 is 12.2. The van der Waals surface area contributed by atoms with E-state index < -0.39 is 0 Å². The molecule has 106 valence electrons. The van der Waals surface area contributed by atoms with Crippen molar-refractivity contribution in [1.82, 2.24) is 15.3 Å². The van der Waals surface area contributed by atoms with E-state index in [9.17, 15) is 0 Å². The number of ether oxygens (including phenoxy) is 1. The van der Waals surface area contributed by atoms with Crippen molar-refractivity contribution in [3.63, 3.8) is 0 Å². The van der Waals surface area contributed by atoms with Crippen molar-refractivity contribution in [1.29, 1.82) is 0 Å². The Morgan fingerprint density at radius 1 is 1.25 bits per heavy atom. The average Bonchev–Trinajstić information content (AvgIpc) is 2.45. The molecule has 1 N–H and O–H groups in total. The summed E-state index contributed by atoms with van der Waals surface area (Å²) in [5, 5.41) is 4.52. The zero-order valence-electron chi connectivity index (χ0n) is 11.2. The molecule has 0 spiro atoms. The van der Waals surface area contributed by atoms with Crippen molar-refractivity contribution in [3.05, 3.63) is 51.9 Å². The molecule has 0 aliphatic carbocycles. The van der Waals surface area contributed by atoms with E-state index in [1.54, 1.807) is 31.6 Å². The Morgan fingerprint density at radius 3 is 2.65 bits per heavy atom. The van der Waals surface area contributed by atoms with Crippen molar-refractivity contribution in [2.45, 2.75) is 13.0 Å². The summed E-state index contributed by atoms with van der Waals surface area (Å²) in [5.74, 6) is 0.476. The van der Waals surface area contributed by atoms with Gasteiger partial charge in [0.05, 0.1) is 13.2 Å². The second-order valence-corrected chi connectivity index (χ2v) is 4.95. The van der Waals surface area contributed by atoms with Crippen LogP contribution >= 0.6 is 23.2 Å². The SMILES string of the molecule is CCNC(c1ccc(Cl)cc1Cl)c1nccnc1OC. The molecule has 0 bridgehead atoms. The molecule has 0 saturated heterocycles. The fraction of sp³-hybridized carbons (Fsp3) is 0.286. The highest BCUT2D eigenvalue weighted by Gasteiger charge is 2.22. The molecule has 0 aliphatic rings. The molecule has 6 heteroatoms. The van der Waals surface area contributed by atoms with Crippen LogP contribution in [0.15, 0.2) is 30.6 Å². The fourth-order valence-electron chi connectivity index (χ4n) is 1.98. The normalized spacial score (nSPS) is 12.2. The van der Waals surface area contributed by atoms with Gasteiger partial charge in [-0.2, -0.15) is 0 Å². The van der Waals surface area contributed by atoms with Crippen molar-refractivity contribution >= 4 is 23.2 Å². The minimum Gasteiger partial charge on any atom is -0.480 e. The molecule has 4 nitrogen and oxygen atoms in total. The number of methoxy groups -OCH3 is 1. The Labute approximate surface area is 128 Å². The quantitative estimate of drug-likeness (QED) is 0.918. The summed E-state index contributed by atoms with van der Waals surface area (Å²) in [5.41, 5.74) is 1.58. The summed E-state index contributed by atoms with van der Waals surface area (Å²) in [6, 6.07) is 5.20. The highest BCUT2D eigenvalue weighted by Crippen LogP contribution is 2.32. The van der Waals surface area contributed by atoms with Gasteiger partial charge in [0.15, 0.2) is 0 Å². The second-order valence-electron chi connectivity index (χ2n) is 4.11. The first-order valence-corrected chi connectivity index (χ1v) is 6.96. The van der Waals surface area contributed by atoms with E-state index in [4.69, 9.17) is 27.9 Å². The number of benzene rings is 1. The van der Waals surface area contributed by atoms with E-state index in [1.807, 2.05) is 13.0 Å². The highest BCUT2D eigenvalue weighted by molar-refractivity contribution is 6.35. The topological polar surface area (TPSA) is 47.0 Å². The van der Waals surface area contributed by atoms with E-state index >= 15 is 0 Å². The lowest BCUT2D eigenvalue weighted by atomic mass is 10.0. The molecule has 1 heterocycles. The van der Waals surface area contributed by atoms with Gasteiger partial charge < -0.3 is 10.1 Å². The van der Waals surface area contributed by atoms with Gasteiger partial charge in [0.1, 0.15) is 5.69 Å².